The first-order chi connectivity index (χ1) is 16.4. The minimum Gasteiger partial charge on any atom is -0.358 e. The predicted molar refractivity (Wildman–Crippen MR) is 133 cm³/mol. The number of anilines is 1. The lowest BCUT2D eigenvalue weighted by Gasteiger charge is -2.20. The minimum atomic E-state index is -0.204. The first-order valence-electron chi connectivity index (χ1n) is 11.8. The molecule has 2 aromatic rings. The van der Waals surface area contributed by atoms with Crippen LogP contribution in [0.5, 0.6) is 0 Å². The molecule has 1 aromatic carbocycles. The average molecular weight is 459 g/mol. The number of nitrogens with one attached hydrogen (secondary N) is 3. The van der Waals surface area contributed by atoms with E-state index in [4.69, 9.17) is 6.42 Å². The summed E-state index contributed by atoms with van der Waals surface area (Å²) in [6.07, 6.45) is 11.7. The molecule has 1 saturated heterocycles. The highest BCUT2D eigenvalue weighted by Gasteiger charge is 2.26. The maximum Gasteiger partial charge on any atom is 0.256 e. The van der Waals surface area contributed by atoms with Crippen LogP contribution in [0.3, 0.4) is 0 Å². The summed E-state index contributed by atoms with van der Waals surface area (Å²) in [6.45, 7) is 5.68. The number of hydrogen-bond acceptors (Lipinski definition) is 3. The summed E-state index contributed by atoms with van der Waals surface area (Å²) in [5.74, 6) is 2.44. The van der Waals surface area contributed by atoms with Gasteiger partial charge in [-0.3, -0.25) is 14.4 Å². The molecular formula is C27H30N4O3. The Morgan fingerprint density at radius 1 is 1.24 bits per heavy atom. The summed E-state index contributed by atoms with van der Waals surface area (Å²) in [5.41, 5.74) is 5.47. The third kappa shape index (κ3) is 4.76. The van der Waals surface area contributed by atoms with Crippen LogP contribution in [0.4, 0.5) is 5.69 Å². The molecule has 0 spiro atoms. The van der Waals surface area contributed by atoms with E-state index in [0.29, 0.717) is 48.3 Å². The maximum absolute atomic E-state index is 12.9. The van der Waals surface area contributed by atoms with E-state index in [9.17, 15) is 14.4 Å². The molecule has 34 heavy (non-hydrogen) atoms. The second-order valence-corrected chi connectivity index (χ2v) is 8.88. The van der Waals surface area contributed by atoms with Gasteiger partial charge in [-0.25, -0.2) is 0 Å². The quantitative estimate of drug-likeness (QED) is 0.351. The number of aromatic nitrogens is 1. The first-order valence-corrected chi connectivity index (χ1v) is 11.8. The lowest BCUT2D eigenvalue weighted by molar-refractivity contribution is -0.130. The third-order valence-corrected chi connectivity index (χ3v) is 6.52. The van der Waals surface area contributed by atoms with Crippen LogP contribution in [0, 0.1) is 26.2 Å². The van der Waals surface area contributed by atoms with Crippen molar-refractivity contribution in [2.75, 3.05) is 25.0 Å². The van der Waals surface area contributed by atoms with E-state index in [1.165, 1.54) is 0 Å². The Morgan fingerprint density at radius 3 is 2.85 bits per heavy atom. The van der Waals surface area contributed by atoms with Crippen molar-refractivity contribution in [3.8, 4) is 12.3 Å². The SMILES string of the molecule is C#Cc1ccc2c(c1)/C(=C/c1[nH]c(C)c(C(=O)NCCCN3CCCCCC3=O)c1C)C(=O)N2. The normalized spacial score (nSPS) is 16.7. The molecule has 1 fully saturated rings. The second kappa shape index (κ2) is 10.0. The van der Waals surface area contributed by atoms with Gasteiger partial charge in [0.2, 0.25) is 5.91 Å². The van der Waals surface area contributed by atoms with Crippen molar-refractivity contribution in [2.45, 2.75) is 46.0 Å². The van der Waals surface area contributed by atoms with Gasteiger partial charge in [0.15, 0.2) is 0 Å². The van der Waals surface area contributed by atoms with Crippen molar-refractivity contribution in [3.63, 3.8) is 0 Å². The molecule has 0 unspecified atom stereocenters. The van der Waals surface area contributed by atoms with Crippen molar-refractivity contribution in [3.05, 3.63) is 51.8 Å². The molecule has 176 valence electrons. The van der Waals surface area contributed by atoms with Crippen molar-refractivity contribution >= 4 is 35.1 Å². The monoisotopic (exact) mass is 458 g/mol. The van der Waals surface area contributed by atoms with Crippen LogP contribution in [-0.4, -0.2) is 47.2 Å². The van der Waals surface area contributed by atoms with Crippen LogP contribution in [0.2, 0.25) is 0 Å². The smallest absolute Gasteiger partial charge is 0.256 e. The van der Waals surface area contributed by atoms with Crippen LogP contribution in [0.15, 0.2) is 18.2 Å². The molecule has 3 heterocycles. The largest absolute Gasteiger partial charge is 0.358 e. The number of H-pyrrole nitrogens is 1. The number of likely N-dealkylation sites (tertiary alicyclic amines) is 1. The first kappa shape index (κ1) is 23.4. The number of terminal acetylenes is 1. The van der Waals surface area contributed by atoms with Gasteiger partial charge in [0, 0.05) is 54.3 Å². The Morgan fingerprint density at radius 2 is 2.06 bits per heavy atom. The standard InChI is InChI=1S/C27H30N4O3/c1-4-19-10-11-22-20(15-19)21(26(33)30-22)16-23-17(2)25(18(3)29-23)27(34)28-12-8-14-31-13-7-5-6-9-24(31)32/h1,10-11,15-16,29H,5-9,12-14H2,2-3H3,(H,28,34)(H,30,33)/b21-16-. The Balaban J connectivity index is 1.45. The summed E-state index contributed by atoms with van der Waals surface area (Å²) in [5, 5.41) is 5.83. The van der Waals surface area contributed by atoms with E-state index in [1.807, 2.05) is 24.8 Å². The number of amides is 3. The second-order valence-electron chi connectivity index (χ2n) is 8.88. The molecule has 1 aromatic heterocycles. The number of aromatic amines is 1. The molecule has 0 bridgehead atoms. The van der Waals surface area contributed by atoms with Crippen LogP contribution < -0.4 is 10.6 Å². The van der Waals surface area contributed by atoms with Gasteiger partial charge in [-0.05, 0) is 62.9 Å². The Bertz CT molecular complexity index is 1220. The topological polar surface area (TPSA) is 94.3 Å². The molecule has 3 amide bonds. The minimum absolute atomic E-state index is 0.163. The van der Waals surface area contributed by atoms with Crippen molar-refractivity contribution in [2.24, 2.45) is 0 Å². The molecule has 0 atom stereocenters. The molecule has 2 aliphatic heterocycles. The number of hydrogen-bond donors (Lipinski definition) is 3. The fourth-order valence-corrected chi connectivity index (χ4v) is 4.66. The highest BCUT2D eigenvalue weighted by atomic mass is 16.2. The average Bonchev–Trinajstić information content (AvgIpc) is 3.18. The lowest BCUT2D eigenvalue weighted by atomic mass is 10.0. The van der Waals surface area contributed by atoms with E-state index in [2.05, 4.69) is 21.5 Å². The molecule has 2 aliphatic rings. The van der Waals surface area contributed by atoms with Crippen molar-refractivity contribution < 1.29 is 14.4 Å². The summed E-state index contributed by atoms with van der Waals surface area (Å²) in [4.78, 5) is 42.8. The highest BCUT2D eigenvalue weighted by Crippen LogP contribution is 2.34. The molecule has 7 heteroatoms. The van der Waals surface area contributed by atoms with Crippen LogP contribution >= 0.6 is 0 Å². The Hall–Kier alpha value is -3.79. The predicted octanol–water partition coefficient (Wildman–Crippen LogP) is 3.63. The van der Waals surface area contributed by atoms with E-state index in [1.54, 1.807) is 18.2 Å². The fraction of sp³-hybridized carbons (Fsp3) is 0.370. The van der Waals surface area contributed by atoms with E-state index < -0.39 is 0 Å². The van der Waals surface area contributed by atoms with Gasteiger partial charge in [0.1, 0.15) is 0 Å². The van der Waals surface area contributed by atoms with Crippen molar-refractivity contribution in [1.82, 2.24) is 15.2 Å². The maximum atomic E-state index is 12.9. The van der Waals surface area contributed by atoms with Crippen LogP contribution in [0.25, 0.3) is 11.6 Å². The number of carbonyl (C=O) groups excluding carboxylic acids is 3. The highest BCUT2D eigenvalue weighted by molar-refractivity contribution is 6.35. The number of fused-ring (bicyclic) bond motifs is 1. The summed E-state index contributed by atoms with van der Waals surface area (Å²) < 4.78 is 0. The van der Waals surface area contributed by atoms with Crippen LogP contribution in [-0.2, 0) is 9.59 Å². The molecular weight excluding hydrogens is 428 g/mol. The number of rotatable bonds is 6. The molecule has 0 aliphatic carbocycles. The zero-order chi connectivity index (χ0) is 24.2. The van der Waals surface area contributed by atoms with Gasteiger partial charge in [-0.2, -0.15) is 0 Å². The zero-order valence-electron chi connectivity index (χ0n) is 19.7. The zero-order valence-corrected chi connectivity index (χ0v) is 19.7. The summed E-state index contributed by atoms with van der Waals surface area (Å²) in [7, 11) is 0. The van der Waals surface area contributed by atoms with Gasteiger partial charge in [-0.1, -0.05) is 12.3 Å². The van der Waals surface area contributed by atoms with Crippen LogP contribution in [0.1, 0.15) is 70.5 Å². The van der Waals surface area contributed by atoms with Gasteiger partial charge in [-0.15, -0.1) is 6.42 Å². The van der Waals surface area contributed by atoms with E-state index >= 15 is 0 Å². The number of aryl methyl sites for hydroxylation is 1. The van der Waals surface area contributed by atoms with Gasteiger partial charge in [0.25, 0.3) is 11.8 Å². The summed E-state index contributed by atoms with van der Waals surface area (Å²) in [6, 6.07) is 5.40. The number of benzene rings is 1. The molecule has 7 nitrogen and oxygen atoms in total. The van der Waals surface area contributed by atoms with Gasteiger partial charge >= 0.3 is 0 Å². The van der Waals surface area contributed by atoms with E-state index in [-0.39, 0.29) is 17.7 Å². The molecule has 0 saturated carbocycles. The summed E-state index contributed by atoms with van der Waals surface area (Å²) >= 11 is 0. The third-order valence-electron chi connectivity index (χ3n) is 6.52. The fourth-order valence-electron chi connectivity index (χ4n) is 4.66. The number of carbonyl (C=O) groups is 3. The Labute approximate surface area is 200 Å². The lowest BCUT2D eigenvalue weighted by Crippen LogP contribution is -2.34. The number of nitrogens with zero attached hydrogens (tertiary/aromatic N) is 1. The van der Waals surface area contributed by atoms with Gasteiger partial charge in [0.05, 0.1) is 11.1 Å². The molecule has 0 radical (unpaired) electrons. The molecule has 4 rings (SSSR count). The van der Waals surface area contributed by atoms with Gasteiger partial charge < -0.3 is 20.5 Å². The Kier molecular flexibility index (Phi) is 6.87. The van der Waals surface area contributed by atoms with Crippen molar-refractivity contribution in [1.29, 1.82) is 0 Å². The van der Waals surface area contributed by atoms with E-state index in [0.717, 1.165) is 48.3 Å². The molecule has 3 N–H and O–H groups in total.